The first-order chi connectivity index (χ1) is 8.90. The van der Waals surface area contributed by atoms with Gasteiger partial charge >= 0.3 is 0 Å². The number of aromatic nitrogens is 3. The maximum atomic E-state index is 5.55. The van der Waals surface area contributed by atoms with E-state index in [1.165, 1.54) is 0 Å². The van der Waals surface area contributed by atoms with E-state index in [1.807, 2.05) is 12.1 Å². The molecule has 2 aromatic heterocycles. The number of fused-ring (bicyclic) bond motifs is 2. The summed E-state index contributed by atoms with van der Waals surface area (Å²) >= 11 is 1.56. The lowest BCUT2D eigenvalue weighted by molar-refractivity contribution is 0.172. The van der Waals surface area contributed by atoms with E-state index in [4.69, 9.17) is 9.47 Å². The van der Waals surface area contributed by atoms with Gasteiger partial charge in [-0.15, -0.1) is 11.3 Å². The largest absolute Gasteiger partial charge is 0.486 e. The van der Waals surface area contributed by atoms with Crippen molar-refractivity contribution in [3.63, 3.8) is 0 Å². The number of hydrogen-bond donors (Lipinski definition) is 1. The number of imidazole rings is 1. The molecule has 90 valence electrons. The summed E-state index contributed by atoms with van der Waals surface area (Å²) < 4.78 is 11.1. The van der Waals surface area contributed by atoms with Crippen LogP contribution in [0, 0.1) is 0 Å². The zero-order chi connectivity index (χ0) is 11.9. The number of nitrogens with one attached hydrogen (secondary N) is 1. The molecule has 1 aliphatic heterocycles. The maximum absolute atomic E-state index is 5.55. The summed E-state index contributed by atoms with van der Waals surface area (Å²) in [5, 5.41) is 0. The summed E-state index contributed by atoms with van der Waals surface area (Å²) in [5.74, 6) is 2.36. The normalized spacial score (nSPS) is 14.0. The number of thiazole rings is 1. The Morgan fingerprint density at radius 1 is 1.17 bits per heavy atom. The predicted octanol–water partition coefficient (Wildman–Crippen LogP) is 2.46. The number of nitrogens with zero attached hydrogens (tertiary/aromatic N) is 2. The molecule has 0 radical (unpaired) electrons. The molecule has 0 spiro atoms. The van der Waals surface area contributed by atoms with Crippen LogP contribution in [-0.2, 0) is 0 Å². The first-order valence-corrected chi connectivity index (χ1v) is 6.46. The fourth-order valence-electron chi connectivity index (χ4n) is 2.00. The van der Waals surface area contributed by atoms with E-state index in [1.54, 1.807) is 23.0 Å². The van der Waals surface area contributed by atoms with Gasteiger partial charge < -0.3 is 14.5 Å². The van der Waals surface area contributed by atoms with Crippen molar-refractivity contribution in [3.8, 4) is 22.2 Å². The Bertz CT molecular complexity index is 663. The molecule has 18 heavy (non-hydrogen) atoms. The third-order valence-corrected chi connectivity index (χ3v) is 3.59. The van der Waals surface area contributed by atoms with Gasteiger partial charge in [0.2, 0.25) is 0 Å². The molecule has 3 heterocycles. The van der Waals surface area contributed by atoms with Crippen molar-refractivity contribution in [1.82, 2.24) is 15.0 Å². The Morgan fingerprint density at radius 3 is 2.78 bits per heavy atom. The van der Waals surface area contributed by atoms with E-state index < -0.39 is 0 Å². The number of rotatable bonds is 1. The van der Waals surface area contributed by atoms with Crippen LogP contribution in [0.3, 0.4) is 0 Å². The molecule has 0 aliphatic carbocycles. The van der Waals surface area contributed by atoms with Gasteiger partial charge in [0, 0.05) is 18.3 Å². The smallest absolute Gasteiger partial charge is 0.163 e. The molecular weight excluding hydrogens is 250 g/mol. The van der Waals surface area contributed by atoms with Gasteiger partial charge in [-0.3, -0.25) is 4.98 Å². The van der Waals surface area contributed by atoms with Gasteiger partial charge in [0.05, 0.1) is 21.4 Å². The van der Waals surface area contributed by atoms with Crippen LogP contribution < -0.4 is 9.47 Å². The second-order valence-corrected chi connectivity index (χ2v) is 4.85. The van der Waals surface area contributed by atoms with Crippen LogP contribution in [-0.4, -0.2) is 28.2 Å². The molecule has 6 heteroatoms. The first-order valence-electron chi connectivity index (χ1n) is 5.58. The van der Waals surface area contributed by atoms with Crippen LogP contribution in [0.2, 0.25) is 0 Å². The van der Waals surface area contributed by atoms with Crippen molar-refractivity contribution in [2.45, 2.75) is 0 Å². The molecule has 1 aliphatic rings. The van der Waals surface area contributed by atoms with Gasteiger partial charge in [-0.2, -0.15) is 0 Å². The van der Waals surface area contributed by atoms with Gasteiger partial charge in [-0.05, 0) is 0 Å². The Labute approximate surface area is 106 Å². The van der Waals surface area contributed by atoms with Crippen LogP contribution in [0.25, 0.3) is 21.7 Å². The van der Waals surface area contributed by atoms with Crippen molar-refractivity contribution in [2.24, 2.45) is 0 Å². The van der Waals surface area contributed by atoms with Gasteiger partial charge in [0.1, 0.15) is 19.0 Å². The number of aromatic amines is 1. The Hall–Kier alpha value is -2.08. The lowest BCUT2D eigenvalue weighted by Crippen LogP contribution is -2.15. The van der Waals surface area contributed by atoms with Crippen LogP contribution in [0.5, 0.6) is 11.5 Å². The lowest BCUT2D eigenvalue weighted by atomic mass is 10.2. The number of benzene rings is 1. The minimum absolute atomic E-state index is 0.588. The van der Waals surface area contributed by atoms with Crippen molar-refractivity contribution >= 4 is 22.4 Å². The van der Waals surface area contributed by atoms with Gasteiger partial charge in [0.25, 0.3) is 0 Å². The highest BCUT2D eigenvalue weighted by atomic mass is 32.1. The summed E-state index contributed by atoms with van der Waals surface area (Å²) in [4.78, 5) is 12.9. The molecule has 0 fully saturated rings. The lowest BCUT2D eigenvalue weighted by Gasteiger charge is -2.17. The molecule has 4 rings (SSSR count). The van der Waals surface area contributed by atoms with Crippen molar-refractivity contribution in [3.05, 3.63) is 23.8 Å². The fourth-order valence-corrected chi connectivity index (χ4v) is 2.56. The molecule has 0 bridgehead atoms. The molecular formula is C12H9N3O2S. The minimum Gasteiger partial charge on any atom is -0.486 e. The fraction of sp³-hybridized carbons (Fsp3) is 0.167. The molecule has 0 saturated heterocycles. The van der Waals surface area contributed by atoms with E-state index in [2.05, 4.69) is 15.0 Å². The number of ether oxygens (including phenoxy) is 2. The molecule has 0 unspecified atom stereocenters. The summed E-state index contributed by atoms with van der Waals surface area (Å²) in [7, 11) is 0. The molecule has 0 amide bonds. The van der Waals surface area contributed by atoms with E-state index in [0.717, 1.165) is 33.2 Å². The molecule has 0 atom stereocenters. The van der Waals surface area contributed by atoms with Crippen LogP contribution in [0.4, 0.5) is 0 Å². The van der Waals surface area contributed by atoms with Gasteiger partial charge in [0.15, 0.2) is 11.5 Å². The highest BCUT2D eigenvalue weighted by molar-refractivity contribution is 7.13. The standard InChI is InChI=1S/C12H9N3O2S/c1-2-17-10-4-8-7(3-9(10)16-1)14-12(15-8)11-5-13-6-18-11/h3-6H,1-2H2,(H,14,15). The van der Waals surface area contributed by atoms with Crippen LogP contribution >= 0.6 is 11.3 Å². The average Bonchev–Trinajstić information content (AvgIpc) is 3.04. The van der Waals surface area contributed by atoms with E-state index in [-0.39, 0.29) is 0 Å². The Morgan fingerprint density at radius 2 is 2.00 bits per heavy atom. The highest BCUT2D eigenvalue weighted by Crippen LogP contribution is 2.35. The first kappa shape index (κ1) is 9.90. The molecule has 0 saturated carbocycles. The van der Waals surface area contributed by atoms with Crippen LogP contribution in [0.15, 0.2) is 23.8 Å². The third kappa shape index (κ3) is 1.46. The van der Waals surface area contributed by atoms with E-state index in [0.29, 0.717) is 13.2 Å². The molecule has 1 N–H and O–H groups in total. The van der Waals surface area contributed by atoms with E-state index >= 15 is 0 Å². The molecule has 5 nitrogen and oxygen atoms in total. The molecule has 3 aromatic rings. The maximum Gasteiger partial charge on any atom is 0.163 e. The van der Waals surface area contributed by atoms with Crippen molar-refractivity contribution in [2.75, 3.05) is 13.2 Å². The number of hydrogen-bond acceptors (Lipinski definition) is 5. The Kier molecular flexibility index (Phi) is 2.04. The van der Waals surface area contributed by atoms with Gasteiger partial charge in [-0.1, -0.05) is 0 Å². The minimum atomic E-state index is 0.588. The van der Waals surface area contributed by atoms with Gasteiger partial charge in [-0.25, -0.2) is 4.98 Å². The summed E-state index contributed by atoms with van der Waals surface area (Å²) in [5.41, 5.74) is 3.62. The topological polar surface area (TPSA) is 60.0 Å². The van der Waals surface area contributed by atoms with E-state index in [9.17, 15) is 0 Å². The predicted molar refractivity (Wildman–Crippen MR) is 68.2 cm³/mol. The number of H-pyrrole nitrogens is 1. The molecule has 1 aromatic carbocycles. The highest BCUT2D eigenvalue weighted by Gasteiger charge is 2.15. The third-order valence-electron chi connectivity index (χ3n) is 2.81. The van der Waals surface area contributed by atoms with Crippen molar-refractivity contribution < 1.29 is 9.47 Å². The Balaban J connectivity index is 1.90. The zero-order valence-electron chi connectivity index (χ0n) is 9.34. The zero-order valence-corrected chi connectivity index (χ0v) is 10.2. The van der Waals surface area contributed by atoms with Crippen LogP contribution in [0.1, 0.15) is 0 Å². The average molecular weight is 259 g/mol. The monoisotopic (exact) mass is 259 g/mol. The second-order valence-electron chi connectivity index (χ2n) is 3.96. The van der Waals surface area contributed by atoms with Crippen molar-refractivity contribution in [1.29, 1.82) is 0 Å². The summed E-state index contributed by atoms with van der Waals surface area (Å²) in [6.45, 7) is 1.18. The SMILES string of the molecule is c1ncc(-c2nc3cc4c(cc3[nH]2)OCCO4)s1. The second kappa shape index (κ2) is 3.71. The quantitative estimate of drug-likeness (QED) is 0.729. The summed E-state index contributed by atoms with van der Waals surface area (Å²) in [6.07, 6.45) is 1.80. The summed E-state index contributed by atoms with van der Waals surface area (Å²) in [6, 6.07) is 3.84.